The second-order valence-electron chi connectivity index (χ2n) is 7.15. The van der Waals surface area contributed by atoms with E-state index in [4.69, 9.17) is 4.42 Å². The second-order valence-corrected chi connectivity index (χ2v) is 8.53. The Morgan fingerprint density at radius 3 is 2.14 bits per heavy atom. The molecule has 0 bridgehead atoms. The highest BCUT2D eigenvalue weighted by atomic mass is 32.2. The number of unbranched alkanes of at least 4 members (excludes halogenated alkanes) is 2. The molecule has 0 amide bonds. The fourth-order valence-electron chi connectivity index (χ4n) is 2.95. The van der Waals surface area contributed by atoms with Gasteiger partial charge in [0.05, 0.1) is 11.8 Å². The molecule has 3 aromatic rings. The molecule has 0 spiro atoms. The monoisotopic (exact) mass is 403 g/mol. The smallest absolute Gasteiger partial charge is 0.344 e. The number of hydrogen-bond acceptors (Lipinski definition) is 4. The van der Waals surface area contributed by atoms with Gasteiger partial charge in [-0.05, 0) is 56.5 Å². The minimum absolute atomic E-state index is 0.178. The van der Waals surface area contributed by atoms with Crippen molar-refractivity contribution in [1.29, 1.82) is 0 Å². The van der Waals surface area contributed by atoms with E-state index in [0.29, 0.717) is 0 Å². The van der Waals surface area contributed by atoms with E-state index in [1.165, 1.54) is 48.0 Å². The molecule has 152 valence electrons. The van der Waals surface area contributed by atoms with Gasteiger partial charge in [0.2, 0.25) is 5.58 Å². The van der Waals surface area contributed by atoms with Gasteiger partial charge in [-0.3, -0.25) is 0 Å². The van der Waals surface area contributed by atoms with Crippen molar-refractivity contribution >= 4 is 21.2 Å². The van der Waals surface area contributed by atoms with Crippen LogP contribution in [0, 0.1) is 27.7 Å². The summed E-state index contributed by atoms with van der Waals surface area (Å²) in [7, 11) is -4.27. The minimum atomic E-state index is -4.27. The molecule has 6 heteroatoms. The summed E-state index contributed by atoms with van der Waals surface area (Å²) in [6.45, 7) is 11.5. The standard InChI is InChI=1S/C15H22NO.C7H8O3S/c1-5-6-7-8-16-13(4)17-15-10-12(3)11(2)9-14(15)16;1-6-2-4-7(5-3-6)11(8,9)10/h9-10H,5-8H2,1-4H3;2-5H,1H3,(H,8,9,10)/q+1;/p-1. The maximum absolute atomic E-state index is 10.4. The van der Waals surface area contributed by atoms with Crippen molar-refractivity contribution in [1.82, 2.24) is 0 Å². The number of benzene rings is 2. The average molecular weight is 404 g/mol. The van der Waals surface area contributed by atoms with Gasteiger partial charge < -0.3 is 8.97 Å². The average Bonchev–Trinajstić information content (AvgIpc) is 2.91. The van der Waals surface area contributed by atoms with Crippen LogP contribution >= 0.6 is 0 Å². The molecule has 0 aliphatic carbocycles. The largest absolute Gasteiger partial charge is 0.744 e. The molecule has 5 nitrogen and oxygen atoms in total. The number of rotatable bonds is 5. The van der Waals surface area contributed by atoms with Crippen molar-refractivity contribution in [2.45, 2.75) is 65.3 Å². The van der Waals surface area contributed by atoms with E-state index in [1.54, 1.807) is 12.1 Å². The number of aromatic nitrogens is 1. The van der Waals surface area contributed by atoms with Crippen LogP contribution in [0.1, 0.15) is 48.8 Å². The molecule has 2 aromatic carbocycles. The normalized spacial score (nSPS) is 11.4. The molecular formula is C22H29NO4S. The van der Waals surface area contributed by atoms with Crippen LogP contribution in [0.2, 0.25) is 0 Å². The predicted octanol–water partition coefficient (Wildman–Crippen LogP) is 4.73. The van der Waals surface area contributed by atoms with Crippen LogP contribution in [0.4, 0.5) is 0 Å². The molecule has 0 radical (unpaired) electrons. The van der Waals surface area contributed by atoms with E-state index >= 15 is 0 Å². The van der Waals surface area contributed by atoms with Gasteiger partial charge in [-0.2, -0.15) is 4.57 Å². The van der Waals surface area contributed by atoms with Gasteiger partial charge in [0.1, 0.15) is 10.1 Å². The van der Waals surface area contributed by atoms with Crippen LogP contribution in [0.25, 0.3) is 11.1 Å². The Morgan fingerprint density at radius 1 is 0.964 bits per heavy atom. The molecule has 0 fully saturated rings. The Labute approximate surface area is 167 Å². The Hall–Kier alpha value is -2.18. The zero-order valence-electron chi connectivity index (χ0n) is 17.3. The Kier molecular flexibility index (Phi) is 7.38. The van der Waals surface area contributed by atoms with Crippen molar-refractivity contribution in [3.05, 3.63) is 59.0 Å². The summed E-state index contributed by atoms with van der Waals surface area (Å²) in [5.74, 6) is 1.01. The van der Waals surface area contributed by atoms with Gasteiger partial charge in [0, 0.05) is 12.5 Å². The molecule has 1 aromatic heterocycles. The number of aryl methyl sites for hydroxylation is 5. The summed E-state index contributed by atoms with van der Waals surface area (Å²) >= 11 is 0. The highest BCUT2D eigenvalue weighted by molar-refractivity contribution is 7.85. The number of hydrogen-bond donors (Lipinski definition) is 0. The summed E-state index contributed by atoms with van der Waals surface area (Å²) in [6, 6.07) is 10.2. The summed E-state index contributed by atoms with van der Waals surface area (Å²) in [5.41, 5.74) is 5.82. The fourth-order valence-corrected chi connectivity index (χ4v) is 3.42. The van der Waals surface area contributed by atoms with Crippen molar-refractivity contribution in [2.24, 2.45) is 0 Å². The number of oxazole rings is 1. The van der Waals surface area contributed by atoms with E-state index in [0.717, 1.165) is 23.6 Å². The van der Waals surface area contributed by atoms with Gasteiger partial charge >= 0.3 is 5.89 Å². The zero-order valence-corrected chi connectivity index (χ0v) is 18.1. The van der Waals surface area contributed by atoms with E-state index in [-0.39, 0.29) is 4.90 Å². The lowest BCUT2D eigenvalue weighted by atomic mass is 10.1. The summed E-state index contributed by atoms with van der Waals surface area (Å²) in [5, 5.41) is 0. The maximum Gasteiger partial charge on any atom is 0.344 e. The van der Waals surface area contributed by atoms with Gasteiger partial charge in [-0.15, -0.1) is 0 Å². The van der Waals surface area contributed by atoms with Crippen LogP contribution in [0.15, 0.2) is 45.7 Å². The zero-order chi connectivity index (χ0) is 20.9. The Morgan fingerprint density at radius 2 is 1.57 bits per heavy atom. The summed E-state index contributed by atoms with van der Waals surface area (Å²) in [4.78, 5) is -0.178. The van der Waals surface area contributed by atoms with Crippen LogP contribution in [0.3, 0.4) is 0 Å². The molecule has 3 rings (SSSR count). The van der Waals surface area contributed by atoms with E-state index in [2.05, 4.69) is 44.4 Å². The van der Waals surface area contributed by atoms with E-state index in [9.17, 15) is 13.0 Å². The molecule has 28 heavy (non-hydrogen) atoms. The Bertz CT molecular complexity index is 1030. The quantitative estimate of drug-likeness (QED) is 0.350. The van der Waals surface area contributed by atoms with Crippen molar-refractivity contribution in [3.8, 4) is 0 Å². The van der Waals surface area contributed by atoms with Crippen molar-refractivity contribution < 1.29 is 22.0 Å². The highest BCUT2D eigenvalue weighted by Crippen LogP contribution is 2.19. The minimum Gasteiger partial charge on any atom is -0.744 e. The first-order chi connectivity index (χ1) is 13.1. The molecule has 1 heterocycles. The molecule has 0 saturated carbocycles. The van der Waals surface area contributed by atoms with Crippen LogP contribution in [0.5, 0.6) is 0 Å². The highest BCUT2D eigenvalue weighted by Gasteiger charge is 2.19. The fraction of sp³-hybridized carbons (Fsp3) is 0.409. The first-order valence-corrected chi connectivity index (χ1v) is 11.0. The lowest BCUT2D eigenvalue weighted by molar-refractivity contribution is -0.683. The molecule has 0 N–H and O–H groups in total. The first kappa shape index (κ1) is 22.1. The van der Waals surface area contributed by atoms with E-state index in [1.807, 2.05) is 6.92 Å². The third-order valence-corrected chi connectivity index (χ3v) is 5.65. The molecule has 0 aliphatic rings. The van der Waals surface area contributed by atoms with Gasteiger partial charge in [0.25, 0.3) is 5.52 Å². The van der Waals surface area contributed by atoms with Crippen LogP contribution < -0.4 is 4.57 Å². The number of nitrogens with zero attached hydrogens (tertiary/aromatic N) is 1. The lowest BCUT2D eigenvalue weighted by Crippen LogP contribution is -2.35. The molecule has 0 saturated heterocycles. The van der Waals surface area contributed by atoms with Gasteiger partial charge in [-0.1, -0.05) is 31.0 Å². The van der Waals surface area contributed by atoms with Crippen LogP contribution in [-0.2, 0) is 16.7 Å². The van der Waals surface area contributed by atoms with Gasteiger partial charge in [0.15, 0.2) is 6.54 Å². The lowest BCUT2D eigenvalue weighted by Gasteiger charge is -2.05. The van der Waals surface area contributed by atoms with E-state index < -0.39 is 10.1 Å². The SMILES string of the molecule is CCCCC[n+]1c(C)oc2cc(C)c(C)cc21.Cc1ccc(S(=O)(=O)[O-])cc1. The summed E-state index contributed by atoms with van der Waals surface area (Å²) in [6.07, 6.45) is 3.76. The number of fused-ring (bicyclic) bond motifs is 1. The summed E-state index contributed by atoms with van der Waals surface area (Å²) < 4.78 is 39.3. The van der Waals surface area contributed by atoms with Gasteiger partial charge in [-0.25, -0.2) is 8.42 Å². The Balaban J connectivity index is 0.000000221. The second kappa shape index (κ2) is 9.34. The first-order valence-electron chi connectivity index (χ1n) is 9.56. The van der Waals surface area contributed by atoms with Crippen LogP contribution in [-0.4, -0.2) is 13.0 Å². The predicted molar refractivity (Wildman–Crippen MR) is 109 cm³/mol. The molecule has 0 atom stereocenters. The maximum atomic E-state index is 10.4. The van der Waals surface area contributed by atoms with Crippen molar-refractivity contribution in [3.63, 3.8) is 0 Å². The molecular weight excluding hydrogens is 374 g/mol. The van der Waals surface area contributed by atoms with Crippen molar-refractivity contribution in [2.75, 3.05) is 0 Å². The third-order valence-electron chi connectivity index (χ3n) is 4.80. The molecule has 0 unspecified atom stereocenters. The molecule has 0 aliphatic heterocycles. The topological polar surface area (TPSA) is 74.2 Å². The third kappa shape index (κ3) is 5.66.